The van der Waals surface area contributed by atoms with Crippen molar-refractivity contribution in [3.8, 4) is 0 Å². The summed E-state index contributed by atoms with van der Waals surface area (Å²) in [6.45, 7) is 7.92. The number of carbonyl (C=O) groups excluding carboxylic acids is 2. The van der Waals surface area contributed by atoms with Crippen LogP contribution in [0.2, 0.25) is 0 Å². The van der Waals surface area contributed by atoms with Gasteiger partial charge >= 0.3 is 11.8 Å². The number of ether oxygens (including phenoxy) is 1. The molecule has 0 spiro atoms. The fraction of sp³-hybridized carbons (Fsp3) is 0.867. The highest BCUT2D eigenvalue weighted by molar-refractivity contribution is 6.35. The highest BCUT2D eigenvalue weighted by Gasteiger charge is 2.30. The van der Waals surface area contributed by atoms with Gasteiger partial charge in [-0.25, -0.2) is 0 Å². The van der Waals surface area contributed by atoms with Crippen LogP contribution in [0.15, 0.2) is 0 Å². The summed E-state index contributed by atoms with van der Waals surface area (Å²) < 4.78 is 5.08. The fourth-order valence-corrected chi connectivity index (χ4v) is 2.68. The zero-order valence-corrected chi connectivity index (χ0v) is 13.6. The Morgan fingerprint density at radius 1 is 1.24 bits per heavy atom. The molecule has 21 heavy (non-hydrogen) atoms. The highest BCUT2D eigenvalue weighted by Crippen LogP contribution is 2.11. The molecule has 2 amide bonds. The van der Waals surface area contributed by atoms with Gasteiger partial charge in [0.1, 0.15) is 0 Å². The van der Waals surface area contributed by atoms with Gasteiger partial charge in [-0.2, -0.15) is 0 Å². The van der Waals surface area contributed by atoms with E-state index in [9.17, 15) is 9.59 Å². The molecule has 1 saturated heterocycles. The Bertz CT molecular complexity index is 324. The van der Waals surface area contributed by atoms with Gasteiger partial charge in [0, 0.05) is 39.3 Å². The largest absolute Gasteiger partial charge is 0.383 e. The molecule has 0 unspecified atom stereocenters. The van der Waals surface area contributed by atoms with Crippen LogP contribution in [0.4, 0.5) is 0 Å². The van der Waals surface area contributed by atoms with Crippen LogP contribution in [0.3, 0.4) is 0 Å². The molecule has 0 bridgehead atoms. The van der Waals surface area contributed by atoms with Crippen molar-refractivity contribution in [3.05, 3.63) is 0 Å². The van der Waals surface area contributed by atoms with E-state index in [2.05, 4.69) is 5.32 Å². The maximum absolute atomic E-state index is 12.6. The quantitative estimate of drug-likeness (QED) is 0.724. The lowest BCUT2D eigenvalue weighted by molar-refractivity contribution is -0.153. The zero-order chi connectivity index (χ0) is 15.7. The molecule has 0 aromatic carbocycles. The lowest BCUT2D eigenvalue weighted by atomic mass is 10.1. The number of hydrogen-bond donors (Lipinski definition) is 1. The van der Waals surface area contributed by atoms with Gasteiger partial charge in [-0.3, -0.25) is 9.59 Å². The third-order valence-electron chi connectivity index (χ3n) is 3.99. The Hall–Kier alpha value is -1.14. The number of carbonyl (C=O) groups is 2. The van der Waals surface area contributed by atoms with Crippen molar-refractivity contribution in [2.24, 2.45) is 0 Å². The van der Waals surface area contributed by atoms with Gasteiger partial charge < -0.3 is 19.9 Å². The summed E-state index contributed by atoms with van der Waals surface area (Å²) in [5.41, 5.74) is 0. The van der Waals surface area contributed by atoms with E-state index in [1.165, 1.54) is 0 Å². The van der Waals surface area contributed by atoms with Crippen molar-refractivity contribution in [1.82, 2.24) is 15.1 Å². The van der Waals surface area contributed by atoms with Crippen molar-refractivity contribution < 1.29 is 14.3 Å². The molecule has 6 nitrogen and oxygen atoms in total. The van der Waals surface area contributed by atoms with Crippen molar-refractivity contribution >= 4 is 11.8 Å². The second-order valence-corrected chi connectivity index (χ2v) is 5.36. The minimum absolute atomic E-state index is 0.0988. The summed E-state index contributed by atoms with van der Waals surface area (Å²) in [5.74, 6) is -0.760. The van der Waals surface area contributed by atoms with E-state index in [-0.39, 0.29) is 17.9 Å². The van der Waals surface area contributed by atoms with Crippen LogP contribution in [0.1, 0.15) is 33.1 Å². The van der Waals surface area contributed by atoms with Gasteiger partial charge in [-0.05, 0) is 25.8 Å². The molecule has 0 atom stereocenters. The molecule has 0 saturated carbocycles. The second-order valence-electron chi connectivity index (χ2n) is 5.36. The molecule has 0 radical (unpaired) electrons. The van der Waals surface area contributed by atoms with Crippen LogP contribution in [-0.2, 0) is 14.3 Å². The summed E-state index contributed by atoms with van der Waals surface area (Å²) in [5, 5.41) is 3.24. The number of hydrogen-bond acceptors (Lipinski definition) is 4. The summed E-state index contributed by atoms with van der Waals surface area (Å²) in [4.78, 5) is 28.4. The van der Waals surface area contributed by atoms with Crippen LogP contribution < -0.4 is 5.32 Å². The monoisotopic (exact) mass is 299 g/mol. The van der Waals surface area contributed by atoms with Crippen molar-refractivity contribution in [3.63, 3.8) is 0 Å². The molecule has 1 aliphatic rings. The molecule has 122 valence electrons. The minimum atomic E-state index is -0.386. The Balaban J connectivity index is 2.74. The summed E-state index contributed by atoms with van der Waals surface area (Å²) in [6, 6.07) is 0.0988. The molecule has 1 heterocycles. The first-order valence-corrected chi connectivity index (χ1v) is 7.95. The number of methoxy groups -OCH3 is 1. The van der Waals surface area contributed by atoms with Crippen LogP contribution in [0.25, 0.3) is 0 Å². The molecule has 6 heteroatoms. The first-order valence-electron chi connectivity index (χ1n) is 7.95. The first-order chi connectivity index (χ1) is 10.2. The summed E-state index contributed by atoms with van der Waals surface area (Å²) in [6.07, 6.45) is 2.59. The Morgan fingerprint density at radius 3 is 2.57 bits per heavy atom. The van der Waals surface area contributed by atoms with E-state index in [4.69, 9.17) is 4.74 Å². The van der Waals surface area contributed by atoms with E-state index < -0.39 is 0 Å². The van der Waals surface area contributed by atoms with Gasteiger partial charge in [0.25, 0.3) is 0 Å². The zero-order valence-electron chi connectivity index (χ0n) is 13.6. The maximum Gasteiger partial charge on any atom is 0.312 e. The lowest BCUT2D eigenvalue weighted by Crippen LogP contribution is -2.50. The lowest BCUT2D eigenvalue weighted by Gasteiger charge is -2.31. The molecule has 0 aliphatic carbocycles. The molecule has 1 rings (SSSR count). The van der Waals surface area contributed by atoms with E-state index in [1.54, 1.807) is 16.9 Å². The van der Waals surface area contributed by atoms with E-state index in [0.717, 1.165) is 32.4 Å². The van der Waals surface area contributed by atoms with Crippen LogP contribution >= 0.6 is 0 Å². The topological polar surface area (TPSA) is 61.9 Å². The van der Waals surface area contributed by atoms with Crippen molar-refractivity contribution in [2.45, 2.75) is 39.2 Å². The van der Waals surface area contributed by atoms with Gasteiger partial charge in [0.2, 0.25) is 0 Å². The molecule has 1 N–H and O–H groups in total. The molecular formula is C15H29N3O3. The first kappa shape index (κ1) is 17.9. The van der Waals surface area contributed by atoms with Gasteiger partial charge in [-0.15, -0.1) is 0 Å². The minimum Gasteiger partial charge on any atom is -0.383 e. The van der Waals surface area contributed by atoms with Crippen LogP contribution in [0.5, 0.6) is 0 Å². The molecular weight excluding hydrogens is 270 g/mol. The number of nitrogens with one attached hydrogen (secondary N) is 1. The van der Waals surface area contributed by atoms with E-state index in [1.807, 2.05) is 13.8 Å². The summed E-state index contributed by atoms with van der Waals surface area (Å²) in [7, 11) is 1.61. The van der Waals surface area contributed by atoms with Crippen LogP contribution in [0, 0.1) is 0 Å². The molecule has 1 aliphatic heterocycles. The third-order valence-corrected chi connectivity index (χ3v) is 3.99. The Kier molecular flexibility index (Phi) is 8.30. The average molecular weight is 299 g/mol. The maximum atomic E-state index is 12.6. The number of rotatable bonds is 6. The molecule has 1 fully saturated rings. The van der Waals surface area contributed by atoms with Gasteiger partial charge in [0.15, 0.2) is 0 Å². The normalized spacial score (nSPS) is 15.9. The molecule has 0 aromatic heterocycles. The smallest absolute Gasteiger partial charge is 0.312 e. The number of nitrogens with zero attached hydrogens (tertiary/aromatic N) is 2. The van der Waals surface area contributed by atoms with Gasteiger partial charge in [0.05, 0.1) is 6.61 Å². The second kappa shape index (κ2) is 9.73. The SMILES string of the molecule is CCC(CC)N(CCOC)C(=O)C(=O)N1CCCNCC1. The third kappa shape index (κ3) is 5.28. The van der Waals surface area contributed by atoms with E-state index >= 15 is 0 Å². The summed E-state index contributed by atoms with van der Waals surface area (Å²) >= 11 is 0. The van der Waals surface area contributed by atoms with Crippen molar-refractivity contribution in [2.75, 3.05) is 46.4 Å². The average Bonchev–Trinajstić information content (AvgIpc) is 2.79. The Morgan fingerprint density at radius 2 is 1.95 bits per heavy atom. The standard InChI is InChI=1S/C15H29N3O3/c1-4-13(5-2)18(11-12-21-3)15(20)14(19)17-9-6-7-16-8-10-17/h13,16H,4-12H2,1-3H3. The highest BCUT2D eigenvalue weighted by atomic mass is 16.5. The Labute approximate surface area is 127 Å². The van der Waals surface area contributed by atoms with Gasteiger partial charge in [-0.1, -0.05) is 13.8 Å². The fourth-order valence-electron chi connectivity index (χ4n) is 2.68. The van der Waals surface area contributed by atoms with E-state index in [0.29, 0.717) is 26.2 Å². The van der Waals surface area contributed by atoms with Crippen molar-refractivity contribution in [1.29, 1.82) is 0 Å². The molecule has 0 aromatic rings. The number of amides is 2. The predicted octanol–water partition coefficient (Wildman–Crippen LogP) is 0.472. The predicted molar refractivity (Wildman–Crippen MR) is 82.0 cm³/mol. The van der Waals surface area contributed by atoms with Crippen LogP contribution in [-0.4, -0.2) is 74.1 Å².